The van der Waals surface area contributed by atoms with E-state index in [1.165, 1.54) is 24.8 Å². The highest BCUT2D eigenvalue weighted by Gasteiger charge is 2.23. The molecule has 1 aliphatic rings. The minimum absolute atomic E-state index is 0.157. The molecule has 0 bridgehead atoms. The topological polar surface area (TPSA) is 80.0 Å². The van der Waals surface area contributed by atoms with Gasteiger partial charge in [-0.15, -0.1) is 0 Å². The van der Waals surface area contributed by atoms with Crippen molar-refractivity contribution in [3.8, 4) is 5.82 Å². The molecule has 1 aromatic carbocycles. The number of aromatic nitrogens is 5. The van der Waals surface area contributed by atoms with Crippen LogP contribution in [-0.4, -0.2) is 61.7 Å². The first-order chi connectivity index (χ1) is 12.7. The Balaban J connectivity index is 1.44. The van der Waals surface area contributed by atoms with E-state index in [1.54, 1.807) is 28.0 Å². The molecular formula is C17H16FN7O. The highest BCUT2D eigenvalue weighted by molar-refractivity contribution is 5.94. The molecule has 3 aromatic rings. The predicted octanol–water partition coefficient (Wildman–Crippen LogP) is 1.16. The van der Waals surface area contributed by atoms with E-state index >= 15 is 0 Å². The maximum absolute atomic E-state index is 13.3. The van der Waals surface area contributed by atoms with Gasteiger partial charge >= 0.3 is 0 Å². The number of carbonyl (C=O) groups excluding carboxylic acids is 1. The van der Waals surface area contributed by atoms with Crippen molar-refractivity contribution in [2.75, 3.05) is 31.1 Å². The van der Waals surface area contributed by atoms with Crippen molar-refractivity contribution in [3.05, 3.63) is 60.7 Å². The van der Waals surface area contributed by atoms with Crippen LogP contribution in [0.2, 0.25) is 0 Å². The van der Waals surface area contributed by atoms with Gasteiger partial charge in [-0.25, -0.2) is 24.0 Å². The maximum atomic E-state index is 13.3. The summed E-state index contributed by atoms with van der Waals surface area (Å²) in [6, 6.07) is 7.61. The number of nitrogens with zero attached hydrogens (tertiary/aromatic N) is 7. The summed E-state index contributed by atoms with van der Waals surface area (Å²) in [5, 5.41) is 4.06. The number of piperazine rings is 1. The lowest BCUT2D eigenvalue weighted by molar-refractivity contribution is 0.0746. The Morgan fingerprint density at radius 3 is 2.54 bits per heavy atom. The van der Waals surface area contributed by atoms with Crippen LogP contribution in [0.15, 0.2) is 49.3 Å². The Morgan fingerprint density at radius 2 is 1.81 bits per heavy atom. The Bertz CT molecular complexity index is 907. The van der Waals surface area contributed by atoms with E-state index in [1.807, 2.05) is 6.07 Å². The largest absolute Gasteiger partial charge is 0.353 e. The molecule has 0 N–H and O–H groups in total. The van der Waals surface area contributed by atoms with Crippen molar-refractivity contribution >= 4 is 11.7 Å². The van der Waals surface area contributed by atoms with E-state index < -0.39 is 5.82 Å². The molecule has 1 amide bonds. The highest BCUT2D eigenvalue weighted by Crippen LogP contribution is 2.17. The smallest absolute Gasteiger partial charge is 0.254 e. The third kappa shape index (κ3) is 3.23. The summed E-state index contributed by atoms with van der Waals surface area (Å²) in [5.74, 6) is 0.834. The average Bonchev–Trinajstić information content (AvgIpc) is 3.23. The number of rotatable bonds is 3. The monoisotopic (exact) mass is 353 g/mol. The van der Waals surface area contributed by atoms with E-state index in [2.05, 4.69) is 25.0 Å². The summed E-state index contributed by atoms with van der Waals surface area (Å²) < 4.78 is 14.9. The van der Waals surface area contributed by atoms with Crippen LogP contribution in [0.5, 0.6) is 0 Å². The van der Waals surface area contributed by atoms with E-state index in [4.69, 9.17) is 0 Å². The van der Waals surface area contributed by atoms with Gasteiger partial charge in [-0.3, -0.25) is 4.79 Å². The summed E-state index contributed by atoms with van der Waals surface area (Å²) in [4.78, 5) is 28.7. The van der Waals surface area contributed by atoms with Crippen molar-refractivity contribution in [3.63, 3.8) is 0 Å². The van der Waals surface area contributed by atoms with E-state index in [9.17, 15) is 9.18 Å². The van der Waals surface area contributed by atoms with Crippen LogP contribution in [0.25, 0.3) is 5.82 Å². The Hall–Kier alpha value is -3.36. The van der Waals surface area contributed by atoms with Crippen LogP contribution in [-0.2, 0) is 0 Å². The first-order valence-corrected chi connectivity index (χ1v) is 8.17. The molecule has 0 unspecified atom stereocenters. The zero-order valence-electron chi connectivity index (χ0n) is 13.9. The molecule has 4 rings (SSSR count). The van der Waals surface area contributed by atoms with Crippen molar-refractivity contribution in [2.45, 2.75) is 0 Å². The molecule has 1 saturated heterocycles. The van der Waals surface area contributed by atoms with Crippen molar-refractivity contribution in [1.29, 1.82) is 0 Å². The predicted molar refractivity (Wildman–Crippen MR) is 91.5 cm³/mol. The zero-order valence-corrected chi connectivity index (χ0v) is 13.9. The van der Waals surface area contributed by atoms with Gasteiger partial charge in [0.2, 0.25) is 0 Å². The van der Waals surface area contributed by atoms with Gasteiger partial charge in [0.1, 0.15) is 30.6 Å². The summed E-state index contributed by atoms with van der Waals surface area (Å²) >= 11 is 0. The first-order valence-electron chi connectivity index (χ1n) is 8.17. The summed E-state index contributed by atoms with van der Waals surface area (Å²) in [5.41, 5.74) is 0.369. The van der Waals surface area contributed by atoms with Gasteiger partial charge in [0, 0.05) is 37.8 Å². The quantitative estimate of drug-likeness (QED) is 0.703. The summed E-state index contributed by atoms with van der Waals surface area (Å²) in [7, 11) is 0. The Morgan fingerprint density at radius 1 is 1.00 bits per heavy atom. The third-order valence-corrected chi connectivity index (χ3v) is 4.25. The first kappa shape index (κ1) is 16.1. The molecule has 0 atom stereocenters. The van der Waals surface area contributed by atoms with Crippen LogP contribution >= 0.6 is 0 Å². The molecule has 1 fully saturated rings. The van der Waals surface area contributed by atoms with Gasteiger partial charge in [0.05, 0.1) is 0 Å². The standard InChI is InChI=1S/C17H16FN7O/c18-14-3-1-2-13(8-14)17(26)24-6-4-23(5-7-24)15-9-16(21-11-20-15)25-12-19-10-22-25/h1-3,8-12H,4-7H2. The summed E-state index contributed by atoms with van der Waals surface area (Å²) in [6.07, 6.45) is 4.50. The lowest BCUT2D eigenvalue weighted by Crippen LogP contribution is -2.49. The average molecular weight is 353 g/mol. The molecule has 26 heavy (non-hydrogen) atoms. The summed E-state index contributed by atoms with van der Waals surface area (Å²) in [6.45, 7) is 2.35. The molecular weight excluding hydrogens is 337 g/mol. The molecule has 0 radical (unpaired) electrons. The lowest BCUT2D eigenvalue weighted by Gasteiger charge is -2.35. The number of hydrogen-bond donors (Lipinski definition) is 0. The van der Waals surface area contributed by atoms with Crippen LogP contribution in [0, 0.1) is 5.82 Å². The van der Waals surface area contributed by atoms with Gasteiger partial charge in [-0.1, -0.05) is 6.07 Å². The molecule has 0 spiro atoms. The molecule has 3 heterocycles. The fourth-order valence-electron chi connectivity index (χ4n) is 2.90. The van der Waals surface area contributed by atoms with Gasteiger partial charge < -0.3 is 9.80 Å². The van der Waals surface area contributed by atoms with Gasteiger partial charge in [0.15, 0.2) is 5.82 Å². The molecule has 9 heteroatoms. The minimum Gasteiger partial charge on any atom is -0.353 e. The van der Waals surface area contributed by atoms with Crippen LogP contribution < -0.4 is 4.90 Å². The van der Waals surface area contributed by atoms with Crippen LogP contribution in [0.4, 0.5) is 10.2 Å². The van der Waals surface area contributed by atoms with Gasteiger partial charge in [-0.05, 0) is 18.2 Å². The zero-order chi connectivity index (χ0) is 17.9. The minimum atomic E-state index is -0.406. The van der Waals surface area contributed by atoms with Crippen molar-refractivity contribution in [2.24, 2.45) is 0 Å². The third-order valence-electron chi connectivity index (χ3n) is 4.25. The second-order valence-corrected chi connectivity index (χ2v) is 5.86. The van der Waals surface area contributed by atoms with Crippen molar-refractivity contribution in [1.82, 2.24) is 29.6 Å². The van der Waals surface area contributed by atoms with Crippen molar-refractivity contribution < 1.29 is 9.18 Å². The molecule has 2 aromatic heterocycles. The SMILES string of the molecule is O=C(c1cccc(F)c1)N1CCN(c2cc(-n3cncn3)ncn2)CC1. The fourth-order valence-corrected chi connectivity index (χ4v) is 2.90. The number of amides is 1. The number of anilines is 1. The number of halogens is 1. The Labute approximate surface area is 148 Å². The molecule has 8 nitrogen and oxygen atoms in total. The van der Waals surface area contributed by atoms with Gasteiger partial charge in [0.25, 0.3) is 5.91 Å². The Kier molecular flexibility index (Phi) is 4.26. The molecule has 0 aliphatic carbocycles. The second kappa shape index (κ2) is 6.87. The highest BCUT2D eigenvalue weighted by atomic mass is 19.1. The maximum Gasteiger partial charge on any atom is 0.254 e. The van der Waals surface area contributed by atoms with Crippen LogP contribution in [0.1, 0.15) is 10.4 Å². The number of hydrogen-bond acceptors (Lipinski definition) is 6. The lowest BCUT2D eigenvalue weighted by atomic mass is 10.1. The van der Waals surface area contributed by atoms with E-state index in [0.29, 0.717) is 37.6 Å². The molecule has 0 saturated carbocycles. The normalized spacial score (nSPS) is 14.5. The number of benzene rings is 1. The number of carbonyl (C=O) groups is 1. The fraction of sp³-hybridized carbons (Fsp3) is 0.235. The molecule has 132 valence electrons. The van der Waals surface area contributed by atoms with E-state index in [0.717, 1.165) is 5.82 Å². The van der Waals surface area contributed by atoms with E-state index in [-0.39, 0.29) is 5.91 Å². The molecule has 1 aliphatic heterocycles. The van der Waals surface area contributed by atoms with Gasteiger partial charge in [-0.2, -0.15) is 5.10 Å². The van der Waals surface area contributed by atoms with Crippen LogP contribution in [0.3, 0.4) is 0 Å². The second-order valence-electron chi connectivity index (χ2n) is 5.86.